The molecule has 0 fully saturated rings. The maximum atomic E-state index is 12.3. The third kappa shape index (κ3) is 3.44. The summed E-state index contributed by atoms with van der Waals surface area (Å²) in [5, 5.41) is 22.4. The van der Waals surface area contributed by atoms with E-state index in [2.05, 4.69) is 5.32 Å². The van der Waals surface area contributed by atoms with Gasteiger partial charge in [0.25, 0.3) is 5.69 Å². The number of benzene rings is 1. The number of hydrogen-bond acceptors (Lipinski definition) is 6. The standard InChI is InChI=1S/C11H17N3O5S/c1-3-12-10-8-9(14(16)17)4-5-11(10)20(18,19)13(2)6-7-15/h4-5,8,12,15H,3,6-7H2,1-2H3. The van der Waals surface area contributed by atoms with Crippen molar-refractivity contribution in [1.29, 1.82) is 0 Å². The molecule has 2 N–H and O–H groups in total. The summed E-state index contributed by atoms with van der Waals surface area (Å²) in [5.74, 6) is 0. The molecule has 0 bridgehead atoms. The van der Waals surface area contributed by atoms with E-state index in [-0.39, 0.29) is 29.4 Å². The number of nitro groups is 1. The van der Waals surface area contributed by atoms with E-state index in [1.54, 1.807) is 6.92 Å². The monoisotopic (exact) mass is 303 g/mol. The fraction of sp³-hybridized carbons (Fsp3) is 0.455. The average Bonchev–Trinajstić information content (AvgIpc) is 2.39. The SMILES string of the molecule is CCNc1cc([N+](=O)[O-])ccc1S(=O)(=O)N(C)CCO. The van der Waals surface area contributed by atoms with E-state index in [1.807, 2.05) is 0 Å². The fourth-order valence-corrected chi connectivity index (χ4v) is 2.92. The lowest BCUT2D eigenvalue weighted by Crippen LogP contribution is -2.30. The lowest BCUT2D eigenvalue weighted by molar-refractivity contribution is -0.384. The molecule has 0 radical (unpaired) electrons. The molecule has 1 aromatic rings. The number of aliphatic hydroxyl groups excluding tert-OH is 1. The van der Waals surface area contributed by atoms with Gasteiger partial charge in [-0.2, -0.15) is 4.31 Å². The van der Waals surface area contributed by atoms with Crippen LogP contribution < -0.4 is 5.32 Å². The van der Waals surface area contributed by atoms with Gasteiger partial charge >= 0.3 is 0 Å². The number of likely N-dealkylation sites (N-methyl/N-ethyl adjacent to an activating group) is 1. The quantitative estimate of drug-likeness (QED) is 0.564. The van der Waals surface area contributed by atoms with Crippen LogP contribution in [0.25, 0.3) is 0 Å². The van der Waals surface area contributed by atoms with E-state index in [9.17, 15) is 18.5 Å². The molecule has 0 aliphatic rings. The molecule has 0 aromatic heterocycles. The molecule has 0 saturated carbocycles. The molecule has 20 heavy (non-hydrogen) atoms. The first-order valence-electron chi connectivity index (χ1n) is 5.94. The summed E-state index contributed by atoms with van der Waals surface area (Å²) < 4.78 is 25.6. The Morgan fingerprint density at radius 2 is 2.10 bits per heavy atom. The maximum absolute atomic E-state index is 12.3. The smallest absolute Gasteiger partial charge is 0.271 e. The second-order valence-electron chi connectivity index (χ2n) is 4.02. The van der Waals surface area contributed by atoms with Gasteiger partial charge in [0, 0.05) is 32.3 Å². The van der Waals surface area contributed by atoms with Crippen LogP contribution in [0.4, 0.5) is 11.4 Å². The first-order chi connectivity index (χ1) is 9.34. The molecule has 9 heteroatoms. The van der Waals surface area contributed by atoms with Gasteiger partial charge in [-0.1, -0.05) is 0 Å². The summed E-state index contributed by atoms with van der Waals surface area (Å²) in [6.45, 7) is 1.82. The minimum Gasteiger partial charge on any atom is -0.395 e. The Hall–Kier alpha value is -1.71. The van der Waals surface area contributed by atoms with E-state index in [4.69, 9.17) is 5.11 Å². The van der Waals surface area contributed by atoms with E-state index < -0.39 is 14.9 Å². The van der Waals surface area contributed by atoms with Gasteiger partial charge in [0.15, 0.2) is 0 Å². The Bertz CT molecular complexity index is 588. The molecule has 1 rings (SSSR count). The second kappa shape index (κ2) is 6.64. The van der Waals surface area contributed by atoms with Crippen LogP contribution in [0, 0.1) is 10.1 Å². The van der Waals surface area contributed by atoms with Gasteiger partial charge in [-0.05, 0) is 13.0 Å². The third-order valence-electron chi connectivity index (χ3n) is 2.64. The lowest BCUT2D eigenvalue weighted by atomic mass is 10.3. The van der Waals surface area contributed by atoms with Crippen molar-refractivity contribution in [1.82, 2.24) is 4.31 Å². The highest BCUT2D eigenvalue weighted by Crippen LogP contribution is 2.28. The maximum Gasteiger partial charge on any atom is 0.271 e. The summed E-state index contributed by atoms with van der Waals surface area (Å²) in [7, 11) is -2.47. The van der Waals surface area contributed by atoms with E-state index in [0.717, 1.165) is 10.4 Å². The van der Waals surface area contributed by atoms with Gasteiger partial charge in [-0.15, -0.1) is 0 Å². The topological polar surface area (TPSA) is 113 Å². The van der Waals surface area contributed by atoms with Gasteiger partial charge in [-0.25, -0.2) is 8.42 Å². The van der Waals surface area contributed by atoms with Crippen molar-refractivity contribution in [2.45, 2.75) is 11.8 Å². The van der Waals surface area contributed by atoms with Crippen LogP contribution in [-0.4, -0.2) is 49.5 Å². The number of anilines is 1. The number of hydrogen-bond donors (Lipinski definition) is 2. The third-order valence-corrected chi connectivity index (χ3v) is 4.56. The van der Waals surface area contributed by atoms with Crippen LogP contribution in [0.5, 0.6) is 0 Å². The van der Waals surface area contributed by atoms with Crippen molar-refractivity contribution in [3.63, 3.8) is 0 Å². The summed E-state index contributed by atoms with van der Waals surface area (Å²) in [6, 6.07) is 3.52. The first-order valence-corrected chi connectivity index (χ1v) is 7.38. The minimum atomic E-state index is -3.81. The summed E-state index contributed by atoms with van der Waals surface area (Å²) in [4.78, 5) is 10.1. The summed E-state index contributed by atoms with van der Waals surface area (Å²) in [6.07, 6.45) is 0. The largest absolute Gasteiger partial charge is 0.395 e. The molecule has 112 valence electrons. The van der Waals surface area contributed by atoms with Crippen LogP contribution in [0.2, 0.25) is 0 Å². The highest BCUT2D eigenvalue weighted by atomic mass is 32.2. The van der Waals surface area contributed by atoms with Gasteiger partial charge in [-0.3, -0.25) is 10.1 Å². The van der Waals surface area contributed by atoms with Gasteiger partial charge in [0.2, 0.25) is 10.0 Å². The fourth-order valence-electron chi connectivity index (χ4n) is 1.61. The van der Waals surface area contributed by atoms with Crippen molar-refractivity contribution < 1.29 is 18.4 Å². The molecule has 0 unspecified atom stereocenters. The molecule has 0 aliphatic carbocycles. The van der Waals surface area contributed by atoms with E-state index in [0.29, 0.717) is 6.54 Å². The van der Waals surface area contributed by atoms with Crippen molar-refractivity contribution >= 4 is 21.4 Å². The Kier molecular flexibility index (Phi) is 5.43. The number of rotatable bonds is 7. The molecule has 8 nitrogen and oxygen atoms in total. The Morgan fingerprint density at radius 1 is 1.45 bits per heavy atom. The van der Waals surface area contributed by atoms with Crippen molar-refractivity contribution in [2.75, 3.05) is 32.1 Å². The number of aliphatic hydroxyl groups is 1. The molecule has 0 heterocycles. The predicted molar refractivity (Wildman–Crippen MR) is 74.2 cm³/mol. The molecular weight excluding hydrogens is 286 g/mol. The lowest BCUT2D eigenvalue weighted by Gasteiger charge is -2.18. The number of nitrogens with zero attached hydrogens (tertiary/aromatic N) is 2. The van der Waals surface area contributed by atoms with Gasteiger partial charge in [0.1, 0.15) is 4.90 Å². The van der Waals surface area contributed by atoms with Crippen molar-refractivity contribution in [3.05, 3.63) is 28.3 Å². The van der Waals surface area contributed by atoms with E-state index in [1.165, 1.54) is 19.2 Å². The zero-order valence-electron chi connectivity index (χ0n) is 11.2. The van der Waals surface area contributed by atoms with E-state index >= 15 is 0 Å². The number of nitrogens with one attached hydrogen (secondary N) is 1. The predicted octanol–water partition coefficient (Wildman–Crippen LogP) is 0.639. The Morgan fingerprint density at radius 3 is 2.60 bits per heavy atom. The molecule has 0 amide bonds. The highest BCUT2D eigenvalue weighted by molar-refractivity contribution is 7.89. The normalized spacial score (nSPS) is 11.6. The molecule has 1 aromatic carbocycles. The Labute approximate surface area is 117 Å². The molecule has 0 atom stereocenters. The Balaban J connectivity index is 3.33. The van der Waals surface area contributed by atoms with Crippen LogP contribution >= 0.6 is 0 Å². The van der Waals surface area contributed by atoms with Crippen LogP contribution in [-0.2, 0) is 10.0 Å². The van der Waals surface area contributed by atoms with Crippen LogP contribution in [0.15, 0.2) is 23.1 Å². The number of sulfonamides is 1. The van der Waals surface area contributed by atoms with Gasteiger partial charge < -0.3 is 10.4 Å². The van der Waals surface area contributed by atoms with Crippen LogP contribution in [0.3, 0.4) is 0 Å². The summed E-state index contributed by atoms with van der Waals surface area (Å²) >= 11 is 0. The van der Waals surface area contributed by atoms with Crippen molar-refractivity contribution in [2.24, 2.45) is 0 Å². The molecular formula is C11H17N3O5S. The highest BCUT2D eigenvalue weighted by Gasteiger charge is 2.25. The number of non-ortho nitro benzene ring substituents is 1. The van der Waals surface area contributed by atoms with Crippen molar-refractivity contribution in [3.8, 4) is 0 Å². The molecule has 0 spiro atoms. The van der Waals surface area contributed by atoms with Gasteiger partial charge in [0.05, 0.1) is 17.2 Å². The van der Waals surface area contributed by atoms with Crippen LogP contribution in [0.1, 0.15) is 6.92 Å². The molecule has 0 saturated heterocycles. The zero-order valence-corrected chi connectivity index (χ0v) is 12.1. The second-order valence-corrected chi connectivity index (χ2v) is 6.03. The molecule has 0 aliphatic heterocycles. The average molecular weight is 303 g/mol. The number of nitro benzene ring substituents is 1. The summed E-state index contributed by atoms with van der Waals surface area (Å²) in [5.41, 5.74) is -0.0174. The minimum absolute atomic E-state index is 0.0507. The zero-order chi connectivity index (χ0) is 15.3. The first kappa shape index (κ1) is 16.3.